The predicted molar refractivity (Wildman–Crippen MR) is 88.1 cm³/mol. The Balaban J connectivity index is 1.67. The standard InChI is InChI=1S/C16H18ClFN4/c17-13-5-4-12(14(18)10-13)11-20-15-2-1-3-16(21-15)22-8-6-19-7-9-22/h1-5,10,19H,6-9,11H2,(H,20,21). The van der Waals surface area contributed by atoms with E-state index in [4.69, 9.17) is 11.6 Å². The predicted octanol–water partition coefficient (Wildman–Crippen LogP) is 2.90. The maximum absolute atomic E-state index is 13.8. The number of nitrogens with one attached hydrogen (secondary N) is 2. The van der Waals surface area contributed by atoms with E-state index in [0.717, 1.165) is 37.8 Å². The van der Waals surface area contributed by atoms with Crippen LogP contribution in [0.3, 0.4) is 0 Å². The average Bonchev–Trinajstić information content (AvgIpc) is 2.55. The second kappa shape index (κ2) is 6.94. The van der Waals surface area contributed by atoms with E-state index in [0.29, 0.717) is 17.1 Å². The number of benzene rings is 1. The van der Waals surface area contributed by atoms with Crippen molar-refractivity contribution >= 4 is 23.2 Å². The summed E-state index contributed by atoms with van der Waals surface area (Å²) in [6.07, 6.45) is 0. The first-order valence-corrected chi connectivity index (χ1v) is 7.71. The Morgan fingerprint density at radius 1 is 1.23 bits per heavy atom. The summed E-state index contributed by atoms with van der Waals surface area (Å²) in [5.41, 5.74) is 0.568. The van der Waals surface area contributed by atoms with Gasteiger partial charge in [0.1, 0.15) is 17.5 Å². The van der Waals surface area contributed by atoms with Crippen molar-refractivity contribution in [3.8, 4) is 0 Å². The molecule has 22 heavy (non-hydrogen) atoms. The second-order valence-corrected chi connectivity index (χ2v) is 5.64. The van der Waals surface area contributed by atoms with Crippen molar-refractivity contribution in [3.63, 3.8) is 0 Å². The fourth-order valence-corrected chi connectivity index (χ4v) is 2.60. The van der Waals surface area contributed by atoms with Gasteiger partial charge in [0.25, 0.3) is 0 Å². The van der Waals surface area contributed by atoms with Gasteiger partial charge in [-0.2, -0.15) is 0 Å². The van der Waals surface area contributed by atoms with Crippen molar-refractivity contribution in [2.45, 2.75) is 6.54 Å². The molecule has 0 atom stereocenters. The van der Waals surface area contributed by atoms with E-state index in [-0.39, 0.29) is 5.82 Å². The number of rotatable bonds is 4. The van der Waals surface area contributed by atoms with Crippen LogP contribution >= 0.6 is 11.6 Å². The molecule has 1 aromatic heterocycles. The highest BCUT2D eigenvalue weighted by molar-refractivity contribution is 6.30. The zero-order valence-electron chi connectivity index (χ0n) is 12.1. The third-order valence-corrected chi connectivity index (χ3v) is 3.89. The molecule has 6 heteroatoms. The first-order valence-electron chi connectivity index (χ1n) is 7.33. The van der Waals surface area contributed by atoms with Gasteiger partial charge in [0.15, 0.2) is 0 Å². The molecule has 3 rings (SSSR count). The van der Waals surface area contributed by atoms with Gasteiger partial charge in [-0.3, -0.25) is 0 Å². The molecule has 2 heterocycles. The Kier molecular flexibility index (Phi) is 4.75. The molecule has 0 saturated carbocycles. The summed E-state index contributed by atoms with van der Waals surface area (Å²) in [7, 11) is 0. The first kappa shape index (κ1) is 15.1. The van der Waals surface area contributed by atoms with E-state index in [1.165, 1.54) is 6.07 Å². The van der Waals surface area contributed by atoms with Crippen LogP contribution in [0.15, 0.2) is 36.4 Å². The largest absolute Gasteiger partial charge is 0.366 e. The molecule has 0 spiro atoms. The summed E-state index contributed by atoms with van der Waals surface area (Å²) in [4.78, 5) is 6.84. The summed E-state index contributed by atoms with van der Waals surface area (Å²) in [5, 5.41) is 6.89. The van der Waals surface area contributed by atoms with Crippen LogP contribution in [0.2, 0.25) is 5.02 Å². The number of pyridine rings is 1. The van der Waals surface area contributed by atoms with Crippen LogP contribution in [0, 0.1) is 5.82 Å². The van der Waals surface area contributed by atoms with Crippen molar-refractivity contribution in [2.24, 2.45) is 0 Å². The van der Waals surface area contributed by atoms with Gasteiger partial charge in [0.2, 0.25) is 0 Å². The summed E-state index contributed by atoms with van der Waals surface area (Å²) < 4.78 is 13.8. The van der Waals surface area contributed by atoms with Gasteiger partial charge in [0, 0.05) is 43.3 Å². The molecule has 1 aliphatic rings. The van der Waals surface area contributed by atoms with Crippen LogP contribution in [0.25, 0.3) is 0 Å². The third kappa shape index (κ3) is 3.67. The van der Waals surface area contributed by atoms with Crippen LogP contribution in [0.5, 0.6) is 0 Å². The number of hydrogen-bond acceptors (Lipinski definition) is 4. The molecule has 2 N–H and O–H groups in total. The van der Waals surface area contributed by atoms with Crippen molar-refractivity contribution in [1.29, 1.82) is 0 Å². The van der Waals surface area contributed by atoms with Gasteiger partial charge in [-0.05, 0) is 24.3 Å². The van der Waals surface area contributed by atoms with Gasteiger partial charge in [-0.1, -0.05) is 23.7 Å². The molecule has 116 valence electrons. The Hall–Kier alpha value is -1.85. The summed E-state index contributed by atoms with van der Waals surface area (Å²) in [5.74, 6) is 1.38. The monoisotopic (exact) mass is 320 g/mol. The lowest BCUT2D eigenvalue weighted by atomic mass is 10.2. The van der Waals surface area contributed by atoms with E-state index in [1.54, 1.807) is 12.1 Å². The molecule has 0 bridgehead atoms. The van der Waals surface area contributed by atoms with Gasteiger partial charge in [-0.25, -0.2) is 9.37 Å². The highest BCUT2D eigenvalue weighted by atomic mass is 35.5. The Morgan fingerprint density at radius 2 is 2.05 bits per heavy atom. The third-order valence-electron chi connectivity index (χ3n) is 3.65. The molecule has 0 amide bonds. The second-order valence-electron chi connectivity index (χ2n) is 5.21. The molecular weight excluding hydrogens is 303 g/mol. The van der Waals surface area contributed by atoms with Crippen molar-refractivity contribution in [1.82, 2.24) is 10.3 Å². The van der Waals surface area contributed by atoms with Crippen molar-refractivity contribution in [2.75, 3.05) is 36.4 Å². The minimum Gasteiger partial charge on any atom is -0.366 e. The molecule has 0 radical (unpaired) electrons. The highest BCUT2D eigenvalue weighted by Gasteiger charge is 2.12. The van der Waals surface area contributed by atoms with Crippen molar-refractivity contribution in [3.05, 3.63) is 52.8 Å². The van der Waals surface area contributed by atoms with E-state index in [9.17, 15) is 4.39 Å². The number of nitrogens with zero attached hydrogens (tertiary/aromatic N) is 2. The summed E-state index contributed by atoms with van der Waals surface area (Å²) >= 11 is 5.76. The zero-order valence-corrected chi connectivity index (χ0v) is 12.9. The fraction of sp³-hybridized carbons (Fsp3) is 0.312. The summed E-state index contributed by atoms with van der Waals surface area (Å²) in [6.45, 7) is 4.20. The van der Waals surface area contributed by atoms with E-state index >= 15 is 0 Å². The van der Waals surface area contributed by atoms with Crippen molar-refractivity contribution < 1.29 is 4.39 Å². The first-order chi connectivity index (χ1) is 10.7. The lowest BCUT2D eigenvalue weighted by Gasteiger charge is -2.28. The number of aromatic nitrogens is 1. The number of hydrogen-bond donors (Lipinski definition) is 2. The normalized spacial score (nSPS) is 14.9. The number of piperazine rings is 1. The lowest BCUT2D eigenvalue weighted by Crippen LogP contribution is -2.43. The van der Waals surface area contributed by atoms with Crippen LogP contribution < -0.4 is 15.5 Å². The minimum atomic E-state index is -0.307. The van der Waals surface area contributed by atoms with Gasteiger partial charge in [0.05, 0.1) is 0 Å². The van der Waals surface area contributed by atoms with Gasteiger partial charge in [-0.15, -0.1) is 0 Å². The zero-order chi connectivity index (χ0) is 15.4. The minimum absolute atomic E-state index is 0.307. The van der Waals surface area contributed by atoms with Crippen LogP contribution in [0.4, 0.5) is 16.0 Å². The number of halogens is 2. The van der Waals surface area contributed by atoms with E-state index in [2.05, 4.69) is 20.5 Å². The highest BCUT2D eigenvalue weighted by Crippen LogP contribution is 2.18. The molecule has 1 aromatic carbocycles. The summed E-state index contributed by atoms with van der Waals surface area (Å²) in [6, 6.07) is 10.5. The molecule has 4 nitrogen and oxygen atoms in total. The van der Waals surface area contributed by atoms with E-state index < -0.39 is 0 Å². The van der Waals surface area contributed by atoms with Crippen LogP contribution in [0.1, 0.15) is 5.56 Å². The molecule has 0 aliphatic carbocycles. The molecule has 0 unspecified atom stereocenters. The van der Waals surface area contributed by atoms with Crippen LogP contribution in [-0.2, 0) is 6.54 Å². The molecule has 1 saturated heterocycles. The Bertz CT molecular complexity index is 644. The maximum atomic E-state index is 13.8. The smallest absolute Gasteiger partial charge is 0.131 e. The quantitative estimate of drug-likeness (QED) is 0.909. The average molecular weight is 321 g/mol. The molecular formula is C16H18ClFN4. The Morgan fingerprint density at radius 3 is 2.82 bits per heavy atom. The van der Waals surface area contributed by atoms with Gasteiger partial charge < -0.3 is 15.5 Å². The maximum Gasteiger partial charge on any atom is 0.131 e. The SMILES string of the molecule is Fc1cc(Cl)ccc1CNc1cccc(N2CCNCC2)n1. The molecule has 1 fully saturated rings. The number of anilines is 2. The van der Waals surface area contributed by atoms with E-state index in [1.807, 2.05) is 18.2 Å². The molecule has 2 aromatic rings. The topological polar surface area (TPSA) is 40.2 Å². The fourth-order valence-electron chi connectivity index (χ4n) is 2.44. The van der Waals surface area contributed by atoms with Gasteiger partial charge >= 0.3 is 0 Å². The molecule has 1 aliphatic heterocycles. The Labute approximate surface area is 134 Å². The lowest BCUT2D eigenvalue weighted by molar-refractivity contribution is 0.585. The van der Waals surface area contributed by atoms with Crippen LogP contribution in [-0.4, -0.2) is 31.2 Å².